The van der Waals surface area contributed by atoms with Crippen molar-refractivity contribution in [1.29, 1.82) is 0 Å². The summed E-state index contributed by atoms with van der Waals surface area (Å²) >= 11 is 0. The second-order valence-electron chi connectivity index (χ2n) is 3.76. The Balaban J connectivity index is 2.99. The van der Waals surface area contributed by atoms with Crippen LogP contribution in [0.1, 0.15) is 26.3 Å². The molecule has 0 bridgehead atoms. The van der Waals surface area contributed by atoms with Gasteiger partial charge in [-0.15, -0.1) is 0 Å². The molecule has 0 fully saturated rings. The van der Waals surface area contributed by atoms with Gasteiger partial charge in [-0.2, -0.15) is 5.10 Å². The summed E-state index contributed by atoms with van der Waals surface area (Å²) in [6.07, 6.45) is 5.55. The number of aryl methyl sites for hydroxylation is 1. The molecule has 0 amide bonds. The van der Waals surface area contributed by atoms with Crippen molar-refractivity contribution in [2.75, 3.05) is 0 Å². The molecule has 0 aliphatic heterocycles. The Bertz CT molecular complexity index is 361. The first-order valence-electron chi connectivity index (χ1n) is 4.72. The fourth-order valence-corrected chi connectivity index (χ4v) is 1.37. The third kappa shape index (κ3) is 2.55. The Morgan fingerprint density at radius 3 is 2.57 bits per heavy atom. The van der Waals surface area contributed by atoms with Crippen LogP contribution >= 0.6 is 0 Å². The number of hydrogen-bond donors (Lipinski definition) is 0. The Morgan fingerprint density at radius 1 is 1.57 bits per heavy atom. The molecule has 0 saturated carbocycles. The summed E-state index contributed by atoms with van der Waals surface area (Å²) in [4.78, 5) is 11.3. The number of hydrogen-bond acceptors (Lipinski definition) is 2. The number of aromatic nitrogens is 2. The minimum absolute atomic E-state index is 0.129. The summed E-state index contributed by atoms with van der Waals surface area (Å²) in [5.41, 5.74) is 1.82. The molecule has 3 heteroatoms. The van der Waals surface area contributed by atoms with E-state index >= 15 is 0 Å². The number of ketones is 1. The first-order chi connectivity index (χ1) is 6.50. The van der Waals surface area contributed by atoms with Crippen molar-refractivity contribution in [3.8, 4) is 0 Å². The largest absolute Gasteiger partial charge is 0.295 e. The third-order valence-corrected chi connectivity index (χ3v) is 2.08. The van der Waals surface area contributed by atoms with E-state index in [9.17, 15) is 4.79 Å². The van der Waals surface area contributed by atoms with Crippen LogP contribution in [0.5, 0.6) is 0 Å². The van der Waals surface area contributed by atoms with Gasteiger partial charge in [-0.05, 0) is 24.5 Å². The van der Waals surface area contributed by atoms with Crippen LogP contribution in [0.3, 0.4) is 0 Å². The number of carbonyl (C=O) groups excluding carboxylic acids is 1. The van der Waals surface area contributed by atoms with E-state index in [4.69, 9.17) is 0 Å². The van der Waals surface area contributed by atoms with Crippen molar-refractivity contribution >= 4 is 11.9 Å². The first-order valence-corrected chi connectivity index (χ1v) is 4.72. The first kappa shape index (κ1) is 10.7. The van der Waals surface area contributed by atoms with Crippen LogP contribution < -0.4 is 0 Å². The predicted octanol–water partition coefficient (Wildman–Crippen LogP) is 2.05. The van der Waals surface area contributed by atoms with Gasteiger partial charge >= 0.3 is 0 Å². The lowest BCUT2D eigenvalue weighted by Gasteiger charge is -2.06. The molecule has 1 heterocycles. The summed E-state index contributed by atoms with van der Waals surface area (Å²) in [5, 5.41) is 4.05. The summed E-state index contributed by atoms with van der Waals surface area (Å²) in [7, 11) is 1.86. The smallest absolute Gasteiger partial charge is 0.156 e. The van der Waals surface area contributed by atoms with E-state index in [1.54, 1.807) is 17.8 Å². The van der Waals surface area contributed by atoms with Crippen molar-refractivity contribution in [3.63, 3.8) is 0 Å². The lowest BCUT2D eigenvalue weighted by Crippen LogP contribution is -2.03. The molecule has 0 N–H and O–H groups in total. The van der Waals surface area contributed by atoms with Gasteiger partial charge < -0.3 is 0 Å². The van der Waals surface area contributed by atoms with E-state index in [0.29, 0.717) is 0 Å². The van der Waals surface area contributed by atoms with E-state index in [0.717, 1.165) is 11.1 Å². The van der Waals surface area contributed by atoms with Gasteiger partial charge in [0.25, 0.3) is 0 Å². The molecule has 0 atom stereocenters. The van der Waals surface area contributed by atoms with E-state index in [1.165, 1.54) is 0 Å². The molecule has 1 rings (SSSR count). The molecule has 0 saturated heterocycles. The number of nitrogens with zero attached hydrogens (tertiary/aromatic N) is 2. The molecule has 0 aromatic carbocycles. The number of allylic oxidation sites excluding steroid dienone is 1. The maximum atomic E-state index is 11.3. The van der Waals surface area contributed by atoms with Gasteiger partial charge in [0.05, 0.1) is 6.20 Å². The van der Waals surface area contributed by atoms with Gasteiger partial charge in [-0.1, -0.05) is 13.8 Å². The van der Waals surface area contributed by atoms with Gasteiger partial charge in [0.2, 0.25) is 0 Å². The molecule has 1 aromatic heterocycles. The zero-order chi connectivity index (χ0) is 10.7. The zero-order valence-corrected chi connectivity index (χ0v) is 9.11. The summed E-state index contributed by atoms with van der Waals surface area (Å²) in [6.45, 7) is 5.63. The van der Waals surface area contributed by atoms with Crippen LogP contribution in [0.2, 0.25) is 0 Å². The fraction of sp³-hybridized carbons (Fsp3) is 0.455. The van der Waals surface area contributed by atoms with Crippen LogP contribution in [0.15, 0.2) is 18.0 Å². The summed E-state index contributed by atoms with van der Waals surface area (Å²) in [5.74, 6) is 0.386. The highest BCUT2D eigenvalue weighted by molar-refractivity contribution is 5.98. The SMILES string of the molecule is CC(=O)/C(=C/c1cnn(C)c1)C(C)C. The molecule has 3 nitrogen and oxygen atoms in total. The van der Waals surface area contributed by atoms with E-state index in [2.05, 4.69) is 5.10 Å². The zero-order valence-electron chi connectivity index (χ0n) is 9.11. The van der Waals surface area contributed by atoms with Crippen LogP contribution in [-0.4, -0.2) is 15.6 Å². The number of carbonyl (C=O) groups is 1. The highest BCUT2D eigenvalue weighted by atomic mass is 16.1. The Hall–Kier alpha value is -1.38. The lowest BCUT2D eigenvalue weighted by molar-refractivity contribution is -0.113. The molecule has 1 aromatic rings. The van der Waals surface area contributed by atoms with Crippen molar-refractivity contribution in [3.05, 3.63) is 23.5 Å². The third-order valence-electron chi connectivity index (χ3n) is 2.08. The van der Waals surface area contributed by atoms with Crippen LogP contribution in [-0.2, 0) is 11.8 Å². The normalized spacial score (nSPS) is 12.2. The van der Waals surface area contributed by atoms with Gasteiger partial charge in [-0.25, -0.2) is 0 Å². The topological polar surface area (TPSA) is 34.9 Å². The molecule has 0 spiro atoms. The van der Waals surface area contributed by atoms with Gasteiger partial charge in [-0.3, -0.25) is 9.48 Å². The van der Waals surface area contributed by atoms with E-state index < -0.39 is 0 Å². The summed E-state index contributed by atoms with van der Waals surface area (Å²) in [6, 6.07) is 0. The van der Waals surface area contributed by atoms with Crippen molar-refractivity contribution in [1.82, 2.24) is 9.78 Å². The maximum absolute atomic E-state index is 11.3. The Kier molecular flexibility index (Phi) is 3.23. The lowest BCUT2D eigenvalue weighted by atomic mass is 9.98. The van der Waals surface area contributed by atoms with Crippen molar-refractivity contribution in [2.45, 2.75) is 20.8 Å². The number of rotatable bonds is 3. The second kappa shape index (κ2) is 4.22. The molecule has 14 heavy (non-hydrogen) atoms. The molecule has 0 aliphatic carbocycles. The standard InChI is InChI=1S/C11H16N2O/c1-8(2)11(9(3)14)5-10-6-12-13(4)7-10/h5-8H,1-4H3/b11-5+. The second-order valence-corrected chi connectivity index (χ2v) is 3.76. The van der Waals surface area contributed by atoms with Gasteiger partial charge in [0.15, 0.2) is 5.78 Å². The minimum atomic E-state index is 0.129. The van der Waals surface area contributed by atoms with Crippen LogP contribution in [0.25, 0.3) is 6.08 Å². The van der Waals surface area contributed by atoms with E-state index in [1.807, 2.05) is 33.2 Å². The van der Waals surface area contributed by atoms with Crippen LogP contribution in [0.4, 0.5) is 0 Å². The summed E-state index contributed by atoms with van der Waals surface area (Å²) < 4.78 is 1.73. The van der Waals surface area contributed by atoms with Gasteiger partial charge in [0.1, 0.15) is 0 Å². The molecule has 0 aliphatic rings. The average molecular weight is 192 g/mol. The minimum Gasteiger partial charge on any atom is -0.295 e. The highest BCUT2D eigenvalue weighted by Gasteiger charge is 2.08. The maximum Gasteiger partial charge on any atom is 0.156 e. The monoisotopic (exact) mass is 192 g/mol. The van der Waals surface area contributed by atoms with Crippen LogP contribution in [0, 0.1) is 5.92 Å². The molecular formula is C11H16N2O. The Labute approximate surface area is 84.4 Å². The molecule has 76 valence electrons. The molecule has 0 radical (unpaired) electrons. The van der Waals surface area contributed by atoms with Crippen molar-refractivity contribution < 1.29 is 4.79 Å². The van der Waals surface area contributed by atoms with Gasteiger partial charge in [0, 0.05) is 18.8 Å². The highest BCUT2D eigenvalue weighted by Crippen LogP contribution is 2.14. The van der Waals surface area contributed by atoms with E-state index in [-0.39, 0.29) is 11.7 Å². The average Bonchev–Trinajstić information content (AvgIpc) is 2.46. The quantitative estimate of drug-likeness (QED) is 0.687. The molecular weight excluding hydrogens is 176 g/mol. The molecule has 0 unspecified atom stereocenters. The number of Topliss-reactive ketones (excluding diaryl/α,β-unsaturated/α-hetero) is 1. The predicted molar refractivity (Wildman–Crippen MR) is 56.7 cm³/mol. The van der Waals surface area contributed by atoms with Crippen molar-refractivity contribution in [2.24, 2.45) is 13.0 Å². The fourth-order valence-electron chi connectivity index (χ4n) is 1.37. The Morgan fingerprint density at radius 2 is 2.21 bits per heavy atom.